The molecule has 1 fully saturated rings. The van der Waals surface area contributed by atoms with Crippen molar-refractivity contribution in [2.24, 2.45) is 4.99 Å². The molecule has 2 aliphatic rings. The fraction of sp³-hybridized carbons (Fsp3) is 0.684. The lowest BCUT2D eigenvalue weighted by Gasteiger charge is -2.25. The van der Waals surface area contributed by atoms with Gasteiger partial charge in [-0.15, -0.1) is 24.0 Å². The van der Waals surface area contributed by atoms with E-state index in [-0.39, 0.29) is 29.4 Å². The lowest BCUT2D eigenvalue weighted by Crippen LogP contribution is -2.42. The molecule has 7 heteroatoms. The summed E-state index contributed by atoms with van der Waals surface area (Å²) in [5.41, 5.74) is -0.0224. The van der Waals surface area contributed by atoms with Gasteiger partial charge in [-0.2, -0.15) is 0 Å². The Morgan fingerprint density at radius 2 is 2.08 bits per heavy atom. The van der Waals surface area contributed by atoms with Crippen LogP contribution in [0.3, 0.4) is 0 Å². The second-order valence-corrected chi connectivity index (χ2v) is 7.85. The van der Waals surface area contributed by atoms with Gasteiger partial charge in [-0.05, 0) is 13.3 Å². The molecule has 0 saturated carbocycles. The summed E-state index contributed by atoms with van der Waals surface area (Å²) >= 11 is 0. The van der Waals surface area contributed by atoms with Crippen LogP contribution in [0, 0.1) is 0 Å². The molecule has 2 aliphatic heterocycles. The molecule has 1 aromatic heterocycles. The van der Waals surface area contributed by atoms with Crippen molar-refractivity contribution in [3.8, 4) is 0 Å². The van der Waals surface area contributed by atoms with E-state index in [1.54, 1.807) is 0 Å². The van der Waals surface area contributed by atoms with Gasteiger partial charge >= 0.3 is 0 Å². The number of aromatic nitrogens is 1. The van der Waals surface area contributed by atoms with Crippen molar-refractivity contribution in [3.63, 3.8) is 0 Å². The molecule has 1 unspecified atom stereocenters. The van der Waals surface area contributed by atoms with Gasteiger partial charge in [0.1, 0.15) is 12.3 Å². The Bertz CT molecular complexity index is 626. The normalized spacial score (nSPS) is 21.3. The number of halogens is 1. The summed E-state index contributed by atoms with van der Waals surface area (Å²) in [5.74, 6) is 2.55. The Hall–Kier alpha value is -1.09. The summed E-state index contributed by atoms with van der Waals surface area (Å²) in [4.78, 5) is 14.0. The Labute approximate surface area is 174 Å². The van der Waals surface area contributed by atoms with Crippen molar-refractivity contribution in [1.82, 2.24) is 20.1 Å². The minimum atomic E-state index is -0.0224. The third-order valence-corrected chi connectivity index (χ3v) is 4.82. The average Bonchev–Trinajstić information content (AvgIpc) is 3.31. The number of guanidine groups is 1. The van der Waals surface area contributed by atoms with E-state index < -0.39 is 0 Å². The minimum Gasteiger partial charge on any atom is -0.443 e. The third-order valence-electron chi connectivity index (χ3n) is 4.82. The van der Waals surface area contributed by atoms with Crippen LogP contribution in [0.2, 0.25) is 0 Å². The number of hydrogen-bond donors (Lipinski definition) is 1. The van der Waals surface area contributed by atoms with Gasteiger partial charge in [0.2, 0.25) is 5.89 Å². The molecule has 146 valence electrons. The van der Waals surface area contributed by atoms with Gasteiger partial charge in [0, 0.05) is 44.2 Å². The monoisotopic (exact) mass is 473 g/mol. The van der Waals surface area contributed by atoms with Gasteiger partial charge in [-0.25, -0.2) is 9.98 Å². The van der Waals surface area contributed by atoms with E-state index in [0.717, 1.165) is 44.4 Å². The number of likely N-dealkylation sites (tertiary alicyclic amines) is 1. The first-order valence-electron chi connectivity index (χ1n) is 9.35. The summed E-state index contributed by atoms with van der Waals surface area (Å²) in [5, 5.41) is 3.42. The second-order valence-electron chi connectivity index (χ2n) is 7.85. The standard InChI is InChI=1S/C19H31N5O.HI/c1-5-20-18(22-13-17-21-12-16(25-17)19(2,3)4)24-11-8-15(14-24)23-9-6-7-10-23;/h6-7,12,15H,5,8-11,13-14H2,1-4H3,(H,20,22);1H. The van der Waals surface area contributed by atoms with E-state index >= 15 is 0 Å². The number of nitrogens with one attached hydrogen (secondary N) is 1. The topological polar surface area (TPSA) is 56.9 Å². The first-order chi connectivity index (χ1) is 12.0. The molecule has 0 amide bonds. The molecule has 26 heavy (non-hydrogen) atoms. The second kappa shape index (κ2) is 9.21. The molecule has 0 bridgehead atoms. The van der Waals surface area contributed by atoms with E-state index in [1.807, 2.05) is 6.20 Å². The van der Waals surface area contributed by atoms with Gasteiger partial charge in [-0.1, -0.05) is 32.9 Å². The Morgan fingerprint density at radius 1 is 1.35 bits per heavy atom. The average molecular weight is 473 g/mol. The molecular formula is C19H32IN5O. The van der Waals surface area contributed by atoms with Crippen molar-refractivity contribution in [3.05, 3.63) is 30.0 Å². The number of rotatable bonds is 4. The maximum atomic E-state index is 5.86. The summed E-state index contributed by atoms with van der Waals surface area (Å²) in [6.07, 6.45) is 7.54. The summed E-state index contributed by atoms with van der Waals surface area (Å²) < 4.78 is 5.86. The van der Waals surface area contributed by atoms with E-state index in [1.165, 1.54) is 6.42 Å². The van der Waals surface area contributed by atoms with Crippen molar-refractivity contribution in [2.75, 3.05) is 32.7 Å². The Kier molecular flexibility index (Phi) is 7.52. The van der Waals surface area contributed by atoms with Crippen LogP contribution < -0.4 is 5.32 Å². The predicted molar refractivity (Wildman–Crippen MR) is 116 cm³/mol. The van der Waals surface area contributed by atoms with Gasteiger partial charge in [0.25, 0.3) is 0 Å². The van der Waals surface area contributed by atoms with E-state index in [0.29, 0.717) is 18.5 Å². The van der Waals surface area contributed by atoms with E-state index in [4.69, 9.17) is 9.41 Å². The highest BCUT2D eigenvalue weighted by atomic mass is 127. The Balaban J connectivity index is 0.00000243. The first kappa shape index (κ1) is 21.2. The Morgan fingerprint density at radius 3 is 2.69 bits per heavy atom. The molecule has 6 nitrogen and oxygen atoms in total. The number of hydrogen-bond acceptors (Lipinski definition) is 4. The van der Waals surface area contributed by atoms with Crippen LogP contribution in [0.1, 0.15) is 45.8 Å². The van der Waals surface area contributed by atoms with Crippen LogP contribution in [0.5, 0.6) is 0 Å². The van der Waals surface area contributed by atoms with Crippen LogP contribution >= 0.6 is 24.0 Å². The summed E-state index contributed by atoms with van der Waals surface area (Å²) in [7, 11) is 0. The van der Waals surface area contributed by atoms with E-state index in [9.17, 15) is 0 Å². The SMILES string of the molecule is CCNC(=NCc1ncc(C(C)(C)C)o1)N1CCC(N2CC=CC2)C1.I. The van der Waals surface area contributed by atoms with Gasteiger partial charge in [0.15, 0.2) is 5.96 Å². The van der Waals surface area contributed by atoms with Crippen LogP contribution in [0.4, 0.5) is 0 Å². The van der Waals surface area contributed by atoms with E-state index in [2.05, 4.69) is 59.9 Å². The first-order valence-corrected chi connectivity index (χ1v) is 9.35. The highest BCUT2D eigenvalue weighted by Crippen LogP contribution is 2.23. The van der Waals surface area contributed by atoms with Gasteiger partial charge in [0.05, 0.1) is 6.20 Å². The molecular weight excluding hydrogens is 441 g/mol. The lowest BCUT2D eigenvalue weighted by atomic mass is 9.94. The van der Waals surface area contributed by atoms with Gasteiger partial charge < -0.3 is 14.6 Å². The zero-order valence-corrected chi connectivity index (χ0v) is 18.7. The zero-order valence-electron chi connectivity index (χ0n) is 16.4. The minimum absolute atomic E-state index is 0. The zero-order chi connectivity index (χ0) is 17.9. The fourth-order valence-electron chi connectivity index (χ4n) is 3.32. The van der Waals surface area contributed by atoms with Crippen LogP contribution in [-0.2, 0) is 12.0 Å². The molecule has 0 aromatic carbocycles. The van der Waals surface area contributed by atoms with Crippen molar-refractivity contribution < 1.29 is 4.42 Å². The summed E-state index contributed by atoms with van der Waals surface area (Å²) in [6.45, 7) is 14.1. The summed E-state index contributed by atoms with van der Waals surface area (Å²) in [6, 6.07) is 0.619. The molecule has 3 heterocycles. The molecule has 3 rings (SSSR count). The largest absolute Gasteiger partial charge is 0.443 e. The van der Waals surface area contributed by atoms with Crippen LogP contribution in [0.15, 0.2) is 27.8 Å². The molecule has 1 aromatic rings. The number of nitrogens with zero attached hydrogens (tertiary/aromatic N) is 4. The number of aliphatic imine (C=N–C) groups is 1. The van der Waals surface area contributed by atoms with Crippen molar-refractivity contribution >= 4 is 29.9 Å². The molecule has 0 aliphatic carbocycles. The maximum Gasteiger partial charge on any atom is 0.216 e. The predicted octanol–water partition coefficient (Wildman–Crippen LogP) is 3.00. The van der Waals surface area contributed by atoms with Crippen LogP contribution in [-0.4, -0.2) is 59.5 Å². The quantitative estimate of drug-likeness (QED) is 0.316. The smallest absolute Gasteiger partial charge is 0.216 e. The highest BCUT2D eigenvalue weighted by Gasteiger charge is 2.29. The van der Waals surface area contributed by atoms with Gasteiger partial charge in [-0.3, -0.25) is 4.90 Å². The molecule has 0 spiro atoms. The molecule has 1 saturated heterocycles. The highest BCUT2D eigenvalue weighted by molar-refractivity contribution is 14.0. The van der Waals surface area contributed by atoms with Crippen molar-refractivity contribution in [1.29, 1.82) is 0 Å². The molecule has 1 N–H and O–H groups in total. The van der Waals surface area contributed by atoms with Crippen molar-refractivity contribution in [2.45, 2.75) is 52.1 Å². The third kappa shape index (κ3) is 5.22. The number of oxazole rings is 1. The lowest BCUT2D eigenvalue weighted by molar-refractivity contribution is 0.259. The maximum absolute atomic E-state index is 5.86. The fourth-order valence-corrected chi connectivity index (χ4v) is 3.32. The molecule has 0 radical (unpaired) electrons. The molecule has 1 atom stereocenters. The van der Waals surface area contributed by atoms with Crippen LogP contribution in [0.25, 0.3) is 0 Å².